The molecule has 0 radical (unpaired) electrons. The number of hydrogen-bond acceptors (Lipinski definition) is 7. The summed E-state index contributed by atoms with van der Waals surface area (Å²) in [6.07, 6.45) is 8.10. The molecule has 4 aliphatic rings. The van der Waals surface area contributed by atoms with Gasteiger partial charge in [0.1, 0.15) is 12.0 Å². The summed E-state index contributed by atoms with van der Waals surface area (Å²) >= 11 is 0. The molecule has 3 fully saturated rings. The van der Waals surface area contributed by atoms with Crippen molar-refractivity contribution < 1.29 is 23.1 Å². The molecule has 46 heavy (non-hydrogen) atoms. The number of carbonyl (C=O) groups is 1. The van der Waals surface area contributed by atoms with Gasteiger partial charge in [-0.1, -0.05) is 25.3 Å². The van der Waals surface area contributed by atoms with Crippen LogP contribution in [0.4, 0.5) is 0 Å². The van der Waals surface area contributed by atoms with Gasteiger partial charge in [-0.15, -0.1) is 0 Å². The predicted molar refractivity (Wildman–Crippen MR) is 179 cm³/mol. The van der Waals surface area contributed by atoms with Crippen molar-refractivity contribution in [1.82, 2.24) is 23.4 Å². The lowest BCUT2D eigenvalue weighted by atomic mass is 9.81. The Morgan fingerprint density at radius 1 is 1.00 bits per heavy atom. The summed E-state index contributed by atoms with van der Waals surface area (Å²) in [6, 6.07) is 12.6. The summed E-state index contributed by atoms with van der Waals surface area (Å²) < 4.78 is 36.3. The molecule has 2 bridgehead atoms. The molecule has 3 aliphatic heterocycles. The summed E-state index contributed by atoms with van der Waals surface area (Å²) in [5.41, 5.74) is 5.99. The largest absolute Gasteiger partial charge is 0.497 e. The van der Waals surface area contributed by atoms with Crippen LogP contribution in [0.1, 0.15) is 72.3 Å². The minimum atomic E-state index is -3.95. The van der Waals surface area contributed by atoms with Crippen molar-refractivity contribution in [3.63, 3.8) is 0 Å². The van der Waals surface area contributed by atoms with Gasteiger partial charge in [0.2, 0.25) is 0 Å². The third-order valence-corrected chi connectivity index (χ3v) is 12.4. The van der Waals surface area contributed by atoms with Gasteiger partial charge in [0.25, 0.3) is 5.91 Å². The van der Waals surface area contributed by atoms with E-state index in [1.165, 1.54) is 44.5 Å². The van der Waals surface area contributed by atoms with Crippen molar-refractivity contribution in [2.75, 3.05) is 41.3 Å². The maximum atomic E-state index is 13.3. The van der Waals surface area contributed by atoms with Gasteiger partial charge < -0.3 is 19.3 Å². The molecule has 3 aromatic rings. The van der Waals surface area contributed by atoms with Crippen LogP contribution in [0.25, 0.3) is 22.2 Å². The van der Waals surface area contributed by atoms with Crippen LogP contribution in [-0.4, -0.2) is 97.8 Å². The fourth-order valence-electron chi connectivity index (χ4n) is 8.77. The number of aliphatic hydroxyl groups excluding tert-OH is 1. The molecule has 4 unspecified atom stereocenters. The standard InChI is InChI=1S/C35H47N5O5S/c1-37(2)46(43,44)36-34(41)23-10-14-30-31(18-23)39-19-25(35(42)40-26-11-12-27(40)21-38(3)20-26)16-24-17-28(45-4)13-15-29(24)33(39)32(30)22-8-6-5-7-9-22/h10,13-15,17-18,22,25-27,35,42H,5-9,11-12,16,19-21H2,1-4H3,(H,36,41). The number of methoxy groups -OCH3 is 1. The Kier molecular flexibility index (Phi) is 8.42. The first-order chi connectivity index (χ1) is 22.1. The van der Waals surface area contributed by atoms with E-state index in [0.717, 1.165) is 71.0 Å². The molecule has 248 valence electrons. The number of fused-ring (bicyclic) bond motifs is 7. The smallest absolute Gasteiger partial charge is 0.303 e. The molecule has 0 spiro atoms. The molecule has 2 aromatic carbocycles. The van der Waals surface area contributed by atoms with Crippen molar-refractivity contribution >= 4 is 27.0 Å². The van der Waals surface area contributed by atoms with Crippen LogP contribution in [0.2, 0.25) is 0 Å². The number of likely N-dealkylation sites (tertiary alicyclic amines) is 1. The Morgan fingerprint density at radius 3 is 2.39 bits per heavy atom. The van der Waals surface area contributed by atoms with E-state index in [9.17, 15) is 18.3 Å². The molecule has 2 saturated heterocycles. The topological polar surface area (TPSA) is 107 Å². The van der Waals surface area contributed by atoms with Crippen LogP contribution in [0, 0.1) is 5.92 Å². The first-order valence-electron chi connectivity index (χ1n) is 16.8. The fourth-order valence-corrected chi connectivity index (χ4v) is 9.30. The number of nitrogens with one attached hydrogen (secondary N) is 1. The monoisotopic (exact) mass is 649 g/mol. The van der Waals surface area contributed by atoms with E-state index in [2.05, 4.69) is 38.3 Å². The molecule has 2 N–H and O–H groups in total. The van der Waals surface area contributed by atoms with E-state index in [4.69, 9.17) is 4.74 Å². The lowest BCUT2D eigenvalue weighted by molar-refractivity contribution is -0.0950. The zero-order valence-electron chi connectivity index (χ0n) is 27.4. The Balaban J connectivity index is 1.39. The van der Waals surface area contributed by atoms with Crippen LogP contribution in [-0.2, 0) is 23.2 Å². The number of likely N-dealkylation sites (N-methyl/N-ethyl adjacent to an activating group) is 1. The second-order valence-electron chi connectivity index (χ2n) is 14.1. The average Bonchev–Trinajstić information content (AvgIpc) is 3.43. The molecule has 4 atom stereocenters. The third kappa shape index (κ3) is 5.53. The number of amides is 1. The molecular formula is C35H47N5O5S. The number of nitrogens with zero attached hydrogens (tertiary/aromatic N) is 4. The SMILES string of the molecule is COc1ccc2c(c1)CC(C(O)N1C3CCC1CN(C)C3)Cn1c-2c(C2CCCCC2)c2ccc(C(=O)NS(=O)(=O)N(C)C)cc21. The van der Waals surface area contributed by atoms with Crippen molar-refractivity contribution in [3.05, 3.63) is 53.1 Å². The fraction of sp³-hybridized carbons (Fsp3) is 0.571. The van der Waals surface area contributed by atoms with Crippen molar-refractivity contribution in [3.8, 4) is 17.0 Å². The number of hydrogen-bond donors (Lipinski definition) is 2. The van der Waals surface area contributed by atoms with Crippen molar-refractivity contribution in [2.24, 2.45) is 5.92 Å². The van der Waals surface area contributed by atoms with Gasteiger partial charge in [-0.3, -0.25) is 9.69 Å². The van der Waals surface area contributed by atoms with E-state index in [0.29, 0.717) is 36.5 Å². The molecule has 1 amide bonds. The average molecular weight is 650 g/mol. The number of carbonyl (C=O) groups excluding carboxylic acids is 1. The summed E-state index contributed by atoms with van der Waals surface area (Å²) in [7, 11) is 2.71. The molecule has 7 rings (SSSR count). The molecular weight excluding hydrogens is 602 g/mol. The van der Waals surface area contributed by atoms with Crippen LogP contribution >= 0.6 is 0 Å². The van der Waals surface area contributed by atoms with Gasteiger partial charge in [0, 0.05) is 73.8 Å². The number of piperazine rings is 1. The first kappa shape index (κ1) is 31.6. The molecule has 11 heteroatoms. The summed E-state index contributed by atoms with van der Waals surface area (Å²) in [5, 5.41) is 13.3. The molecule has 1 aliphatic carbocycles. The highest BCUT2D eigenvalue weighted by Crippen LogP contribution is 2.48. The van der Waals surface area contributed by atoms with Crippen LogP contribution in [0.3, 0.4) is 0 Å². The van der Waals surface area contributed by atoms with Crippen molar-refractivity contribution in [2.45, 2.75) is 82.1 Å². The summed E-state index contributed by atoms with van der Waals surface area (Å²) in [6.45, 7) is 2.51. The summed E-state index contributed by atoms with van der Waals surface area (Å²) in [5.74, 6) is 0.428. The predicted octanol–water partition coefficient (Wildman–Crippen LogP) is 4.17. The number of benzene rings is 2. The lowest BCUT2D eigenvalue weighted by Gasteiger charge is -2.44. The van der Waals surface area contributed by atoms with E-state index in [1.807, 2.05) is 18.2 Å². The quantitative estimate of drug-likeness (QED) is 0.396. The third-order valence-electron chi connectivity index (χ3n) is 11.0. The van der Waals surface area contributed by atoms with Gasteiger partial charge in [0.15, 0.2) is 0 Å². The highest BCUT2D eigenvalue weighted by molar-refractivity contribution is 7.87. The zero-order valence-corrected chi connectivity index (χ0v) is 28.2. The molecule has 10 nitrogen and oxygen atoms in total. The second-order valence-corrected chi connectivity index (χ2v) is 16.0. The highest BCUT2D eigenvalue weighted by atomic mass is 32.2. The Bertz CT molecular complexity index is 1730. The van der Waals surface area contributed by atoms with Gasteiger partial charge in [-0.05, 0) is 86.5 Å². The lowest BCUT2D eigenvalue weighted by Crippen LogP contribution is -2.58. The number of aromatic nitrogens is 1. The van der Waals surface area contributed by atoms with Crippen LogP contribution < -0.4 is 9.46 Å². The maximum absolute atomic E-state index is 13.3. The Morgan fingerprint density at radius 2 is 1.72 bits per heavy atom. The number of ether oxygens (including phenoxy) is 1. The molecule has 1 saturated carbocycles. The normalized spacial score (nSPS) is 24.9. The Labute approximate surface area is 272 Å². The number of aliphatic hydroxyl groups is 1. The van der Waals surface area contributed by atoms with Gasteiger partial charge in [0.05, 0.1) is 12.8 Å². The van der Waals surface area contributed by atoms with E-state index in [1.54, 1.807) is 13.2 Å². The van der Waals surface area contributed by atoms with Gasteiger partial charge >= 0.3 is 10.2 Å². The molecule has 1 aromatic heterocycles. The van der Waals surface area contributed by atoms with Crippen LogP contribution in [0.15, 0.2) is 36.4 Å². The summed E-state index contributed by atoms with van der Waals surface area (Å²) in [4.78, 5) is 18.1. The first-order valence-corrected chi connectivity index (χ1v) is 18.2. The minimum absolute atomic E-state index is 0.0972. The second kappa shape index (κ2) is 12.2. The van der Waals surface area contributed by atoms with E-state index >= 15 is 0 Å². The minimum Gasteiger partial charge on any atom is -0.497 e. The van der Waals surface area contributed by atoms with Crippen molar-refractivity contribution in [1.29, 1.82) is 0 Å². The highest BCUT2D eigenvalue weighted by Gasteiger charge is 2.45. The van der Waals surface area contributed by atoms with Gasteiger partial charge in [-0.25, -0.2) is 4.72 Å². The Hall–Kier alpha value is -2.96. The van der Waals surface area contributed by atoms with E-state index < -0.39 is 22.3 Å². The number of rotatable bonds is 7. The zero-order chi connectivity index (χ0) is 32.3. The van der Waals surface area contributed by atoms with Crippen LogP contribution in [0.5, 0.6) is 5.75 Å². The molecule has 4 heterocycles. The maximum Gasteiger partial charge on any atom is 0.303 e. The van der Waals surface area contributed by atoms with E-state index in [-0.39, 0.29) is 5.92 Å². The van der Waals surface area contributed by atoms with Gasteiger partial charge in [-0.2, -0.15) is 12.7 Å².